The lowest BCUT2D eigenvalue weighted by molar-refractivity contribution is -0.0516. The fourth-order valence-corrected chi connectivity index (χ4v) is 0.491. The molecule has 0 radical (unpaired) electrons. The third-order valence-corrected chi connectivity index (χ3v) is 1.03. The summed E-state index contributed by atoms with van der Waals surface area (Å²) in [5.41, 5.74) is 0. The summed E-state index contributed by atoms with van der Waals surface area (Å²) < 4.78 is 0. The van der Waals surface area contributed by atoms with E-state index in [1.807, 2.05) is 6.07 Å². The summed E-state index contributed by atoms with van der Waals surface area (Å²) in [6.45, 7) is 0.955. The van der Waals surface area contributed by atoms with E-state index in [-0.39, 0.29) is 12.6 Å². The maximum atomic E-state index is 8.25. The number of rotatable bonds is 2. The van der Waals surface area contributed by atoms with Gasteiger partial charge in [0.05, 0.1) is 12.6 Å². The van der Waals surface area contributed by atoms with Crippen LogP contribution >= 0.6 is 0 Å². The fraction of sp³-hybridized carbons (Fsp3) is 0.500. The number of nitriles is 1. The monoisotopic (exact) mass is 122 g/mol. The Bertz CT molecular complexity index is 176. The summed E-state index contributed by atoms with van der Waals surface area (Å²) in [6, 6.07) is 1.97. The molecule has 1 aliphatic rings. The summed E-state index contributed by atoms with van der Waals surface area (Å²) in [5, 5.41) is 9.81. The summed E-state index contributed by atoms with van der Waals surface area (Å²) in [6.07, 6.45) is 4.91. The molecule has 0 N–H and O–H groups in total. The average Bonchev–Trinajstić information content (AvgIpc) is 2.62. The van der Waals surface area contributed by atoms with E-state index < -0.39 is 0 Å². The molecule has 1 saturated heterocycles. The first-order chi connectivity index (χ1) is 4.38. The van der Waals surface area contributed by atoms with E-state index in [2.05, 4.69) is 5.92 Å². The Balaban J connectivity index is 2.09. The molecule has 1 rings (SSSR count). The van der Waals surface area contributed by atoms with Crippen LogP contribution in [0.25, 0.3) is 0 Å². The van der Waals surface area contributed by atoms with Crippen molar-refractivity contribution in [1.82, 2.24) is 5.06 Å². The van der Waals surface area contributed by atoms with Gasteiger partial charge in [0, 0.05) is 0 Å². The first kappa shape index (κ1) is 6.10. The Morgan fingerprint density at radius 3 is 3.11 bits per heavy atom. The third-order valence-electron chi connectivity index (χ3n) is 1.03. The number of hydrogen-bond acceptors (Lipinski definition) is 3. The molecule has 0 aromatic heterocycles. The van der Waals surface area contributed by atoms with Crippen molar-refractivity contribution in [3.63, 3.8) is 0 Å². The van der Waals surface area contributed by atoms with Crippen molar-refractivity contribution in [2.45, 2.75) is 6.04 Å². The van der Waals surface area contributed by atoms with Gasteiger partial charge in [0.25, 0.3) is 0 Å². The normalized spacial score (nSPS) is 30.4. The van der Waals surface area contributed by atoms with E-state index in [1.54, 1.807) is 5.06 Å². The smallest absolute Gasteiger partial charge is 0.137 e. The standard InChI is InChI=1S/C6H6N2O/c1-2-3-9-8-5-6(8)4-7/h1,6H,3,5H2. The number of hydroxylamine groups is 2. The lowest BCUT2D eigenvalue weighted by Crippen LogP contribution is -2.01. The van der Waals surface area contributed by atoms with E-state index in [0.29, 0.717) is 6.54 Å². The first-order valence-electron chi connectivity index (χ1n) is 2.61. The van der Waals surface area contributed by atoms with Crippen molar-refractivity contribution in [2.75, 3.05) is 13.2 Å². The highest BCUT2D eigenvalue weighted by molar-refractivity contribution is 5.02. The highest BCUT2D eigenvalue weighted by Gasteiger charge is 2.35. The number of nitrogens with zero attached hydrogens (tertiary/aromatic N) is 2. The fourth-order valence-electron chi connectivity index (χ4n) is 0.491. The third kappa shape index (κ3) is 1.43. The van der Waals surface area contributed by atoms with E-state index in [4.69, 9.17) is 16.5 Å². The van der Waals surface area contributed by atoms with Crippen molar-refractivity contribution >= 4 is 0 Å². The van der Waals surface area contributed by atoms with Crippen LogP contribution in [-0.2, 0) is 4.84 Å². The molecule has 0 aromatic carbocycles. The quantitative estimate of drug-likeness (QED) is 0.374. The number of terminal acetylenes is 1. The molecule has 0 aromatic rings. The Hall–Kier alpha value is -1.03. The predicted octanol–water partition coefficient (Wildman–Crippen LogP) is -0.241. The van der Waals surface area contributed by atoms with Gasteiger partial charge in [-0.05, 0) is 0 Å². The largest absolute Gasteiger partial charge is 0.285 e. The van der Waals surface area contributed by atoms with Crippen LogP contribution in [0.5, 0.6) is 0 Å². The average molecular weight is 122 g/mol. The predicted molar refractivity (Wildman–Crippen MR) is 30.9 cm³/mol. The van der Waals surface area contributed by atoms with Crippen LogP contribution in [0.4, 0.5) is 0 Å². The molecule has 3 nitrogen and oxygen atoms in total. The van der Waals surface area contributed by atoms with Crippen molar-refractivity contribution in [3.8, 4) is 18.4 Å². The first-order valence-corrected chi connectivity index (χ1v) is 2.61. The molecular weight excluding hydrogens is 116 g/mol. The lowest BCUT2D eigenvalue weighted by atomic mass is 10.6. The zero-order valence-electron chi connectivity index (χ0n) is 4.87. The highest BCUT2D eigenvalue weighted by Crippen LogP contribution is 2.15. The maximum absolute atomic E-state index is 8.25. The molecule has 0 amide bonds. The van der Waals surface area contributed by atoms with Crippen LogP contribution in [0.3, 0.4) is 0 Å². The minimum Gasteiger partial charge on any atom is -0.285 e. The van der Waals surface area contributed by atoms with Crippen LogP contribution in [0, 0.1) is 23.7 Å². The summed E-state index contributed by atoms with van der Waals surface area (Å²) in [5.74, 6) is 2.31. The van der Waals surface area contributed by atoms with Gasteiger partial charge in [-0.1, -0.05) is 5.92 Å². The minimum atomic E-state index is -0.0571. The molecule has 9 heavy (non-hydrogen) atoms. The zero-order valence-corrected chi connectivity index (χ0v) is 4.87. The maximum Gasteiger partial charge on any atom is 0.137 e. The minimum absolute atomic E-state index is 0.0571. The molecule has 46 valence electrons. The summed E-state index contributed by atoms with van der Waals surface area (Å²) in [7, 11) is 0. The van der Waals surface area contributed by atoms with E-state index >= 15 is 0 Å². The molecule has 0 aliphatic carbocycles. The number of hydrogen-bond donors (Lipinski definition) is 0. The van der Waals surface area contributed by atoms with Gasteiger partial charge in [-0.3, -0.25) is 4.84 Å². The van der Waals surface area contributed by atoms with Crippen LogP contribution < -0.4 is 0 Å². The van der Waals surface area contributed by atoms with E-state index in [1.165, 1.54) is 0 Å². The van der Waals surface area contributed by atoms with Gasteiger partial charge >= 0.3 is 0 Å². The molecule has 0 bridgehead atoms. The van der Waals surface area contributed by atoms with Crippen LogP contribution in [0.2, 0.25) is 0 Å². The van der Waals surface area contributed by atoms with Crippen molar-refractivity contribution in [1.29, 1.82) is 5.26 Å². The van der Waals surface area contributed by atoms with Gasteiger partial charge in [-0.2, -0.15) is 10.3 Å². The molecule has 2 unspecified atom stereocenters. The second-order valence-electron chi connectivity index (χ2n) is 1.72. The molecule has 0 saturated carbocycles. The van der Waals surface area contributed by atoms with Gasteiger partial charge < -0.3 is 0 Å². The van der Waals surface area contributed by atoms with Gasteiger partial charge in [0.2, 0.25) is 0 Å². The van der Waals surface area contributed by atoms with Crippen molar-refractivity contribution < 1.29 is 4.84 Å². The lowest BCUT2D eigenvalue weighted by Gasteiger charge is -1.94. The molecule has 1 heterocycles. The molecule has 1 fully saturated rings. The molecule has 3 heteroatoms. The summed E-state index contributed by atoms with van der Waals surface area (Å²) in [4.78, 5) is 4.88. The van der Waals surface area contributed by atoms with Gasteiger partial charge in [0.1, 0.15) is 12.6 Å². The van der Waals surface area contributed by atoms with Crippen LogP contribution in [0.1, 0.15) is 0 Å². The topological polar surface area (TPSA) is 36.0 Å². The van der Waals surface area contributed by atoms with Gasteiger partial charge in [-0.25, -0.2) is 0 Å². The Morgan fingerprint density at radius 1 is 1.89 bits per heavy atom. The zero-order chi connectivity index (χ0) is 6.69. The van der Waals surface area contributed by atoms with Gasteiger partial charge in [-0.15, -0.1) is 6.42 Å². The second kappa shape index (κ2) is 2.50. The SMILES string of the molecule is C#CCON1CC1C#N. The second-order valence-corrected chi connectivity index (χ2v) is 1.72. The molecule has 2 atom stereocenters. The molecule has 1 aliphatic heterocycles. The van der Waals surface area contributed by atoms with Crippen molar-refractivity contribution in [2.24, 2.45) is 0 Å². The Morgan fingerprint density at radius 2 is 2.67 bits per heavy atom. The van der Waals surface area contributed by atoms with Crippen LogP contribution in [-0.4, -0.2) is 24.3 Å². The summed E-state index contributed by atoms with van der Waals surface area (Å²) >= 11 is 0. The van der Waals surface area contributed by atoms with Crippen molar-refractivity contribution in [3.05, 3.63) is 0 Å². The Labute approximate surface area is 53.8 Å². The molecule has 0 spiro atoms. The van der Waals surface area contributed by atoms with Crippen LogP contribution in [0.15, 0.2) is 0 Å². The van der Waals surface area contributed by atoms with E-state index in [0.717, 1.165) is 0 Å². The Kier molecular flexibility index (Phi) is 1.69. The highest BCUT2D eigenvalue weighted by atomic mass is 16.7. The van der Waals surface area contributed by atoms with Gasteiger partial charge in [0.15, 0.2) is 0 Å². The molecular formula is C6H6N2O. The van der Waals surface area contributed by atoms with E-state index in [9.17, 15) is 0 Å².